The predicted molar refractivity (Wildman–Crippen MR) is 109 cm³/mol. The van der Waals surface area contributed by atoms with Crippen molar-refractivity contribution in [2.75, 3.05) is 27.3 Å². The summed E-state index contributed by atoms with van der Waals surface area (Å²) in [4.78, 5) is 0.0381. The molecule has 0 fully saturated rings. The van der Waals surface area contributed by atoms with Gasteiger partial charge >= 0.3 is 0 Å². The van der Waals surface area contributed by atoms with E-state index in [0.717, 1.165) is 0 Å². The number of sulfonamides is 1. The summed E-state index contributed by atoms with van der Waals surface area (Å²) in [6.07, 6.45) is -0.439. The zero-order valence-electron chi connectivity index (χ0n) is 16.9. The number of hydrogen-bond acceptors (Lipinski definition) is 7. The quantitative estimate of drug-likeness (QED) is 0.593. The monoisotopic (exact) mass is 430 g/mol. The fourth-order valence-corrected chi connectivity index (χ4v) is 4.62. The Morgan fingerprint density at radius 2 is 1.93 bits per heavy atom. The Bertz CT molecular complexity index is 1160. The maximum Gasteiger partial charge on any atom is 0.246 e. The highest BCUT2D eigenvalue weighted by Crippen LogP contribution is 2.34. The average molecular weight is 430 g/mol. The molecule has 2 heterocycles. The van der Waals surface area contributed by atoms with Crippen LogP contribution in [0.4, 0.5) is 0 Å². The predicted octanol–water partition coefficient (Wildman–Crippen LogP) is 3.12. The minimum atomic E-state index is -3.87. The van der Waals surface area contributed by atoms with Crippen LogP contribution in [0.2, 0.25) is 0 Å². The number of para-hydroxylation sites is 2. The van der Waals surface area contributed by atoms with Crippen LogP contribution in [0.1, 0.15) is 5.69 Å². The Labute approximate surface area is 175 Å². The second-order valence-corrected chi connectivity index (χ2v) is 8.99. The van der Waals surface area contributed by atoms with E-state index in [2.05, 4.69) is 5.16 Å². The molecule has 3 aromatic rings. The minimum absolute atomic E-state index is 0.0381. The van der Waals surface area contributed by atoms with E-state index >= 15 is 0 Å². The standard InChI is InChI=1S/C21H22N2O6S/c1-14-10-20(29-22-14)15-8-9-19(26-3)21(11-15)30(24,25)23(2)12-16-13-27-17-6-4-5-7-18(17)28-16/h4-11,16H,12-13H2,1-3H3/t16-/m1/s1. The van der Waals surface area contributed by atoms with E-state index in [1.807, 2.05) is 18.2 Å². The lowest BCUT2D eigenvalue weighted by Crippen LogP contribution is -2.41. The number of aryl methyl sites for hydroxylation is 1. The van der Waals surface area contributed by atoms with Gasteiger partial charge in [0.05, 0.1) is 19.3 Å². The van der Waals surface area contributed by atoms with Crippen LogP contribution in [0.3, 0.4) is 0 Å². The number of methoxy groups -OCH3 is 1. The van der Waals surface area contributed by atoms with E-state index in [1.54, 1.807) is 31.2 Å². The summed E-state index contributed by atoms with van der Waals surface area (Å²) in [6, 6.07) is 13.9. The van der Waals surface area contributed by atoms with Gasteiger partial charge < -0.3 is 18.7 Å². The lowest BCUT2D eigenvalue weighted by molar-refractivity contribution is 0.0798. The van der Waals surface area contributed by atoms with E-state index in [4.69, 9.17) is 18.7 Å². The fraction of sp³-hybridized carbons (Fsp3) is 0.286. The lowest BCUT2D eigenvalue weighted by Gasteiger charge is -2.29. The Hall–Kier alpha value is -3.04. The van der Waals surface area contributed by atoms with E-state index < -0.39 is 16.1 Å². The number of ether oxygens (including phenoxy) is 3. The Kier molecular flexibility index (Phi) is 5.40. The molecule has 30 heavy (non-hydrogen) atoms. The molecular formula is C21H22N2O6S. The molecule has 0 N–H and O–H groups in total. The molecule has 1 atom stereocenters. The summed E-state index contributed by atoms with van der Waals surface area (Å²) in [5.74, 6) is 1.97. The molecule has 0 unspecified atom stereocenters. The first-order chi connectivity index (χ1) is 14.4. The summed E-state index contributed by atoms with van der Waals surface area (Å²) in [6.45, 7) is 2.17. The third-order valence-corrected chi connectivity index (χ3v) is 6.64. The van der Waals surface area contributed by atoms with Gasteiger partial charge in [0.15, 0.2) is 17.3 Å². The SMILES string of the molecule is COc1ccc(-c2cc(C)no2)cc1S(=O)(=O)N(C)C[C@@H]1COc2ccccc2O1. The summed E-state index contributed by atoms with van der Waals surface area (Å²) >= 11 is 0. The highest BCUT2D eigenvalue weighted by Gasteiger charge is 2.30. The van der Waals surface area contributed by atoms with Crippen molar-refractivity contribution in [2.24, 2.45) is 0 Å². The number of likely N-dealkylation sites (N-methyl/N-ethyl adjacent to an activating group) is 1. The summed E-state index contributed by atoms with van der Waals surface area (Å²) in [5, 5.41) is 3.86. The number of nitrogens with zero attached hydrogens (tertiary/aromatic N) is 2. The molecule has 0 aliphatic carbocycles. The molecule has 0 saturated carbocycles. The molecule has 158 valence electrons. The van der Waals surface area contributed by atoms with E-state index in [-0.39, 0.29) is 23.8 Å². The molecule has 0 saturated heterocycles. The molecule has 2 aromatic carbocycles. The van der Waals surface area contributed by atoms with Crippen molar-refractivity contribution >= 4 is 10.0 Å². The highest BCUT2D eigenvalue weighted by molar-refractivity contribution is 7.89. The number of fused-ring (bicyclic) bond motifs is 1. The van der Waals surface area contributed by atoms with Gasteiger partial charge in [-0.3, -0.25) is 0 Å². The van der Waals surface area contributed by atoms with Crippen LogP contribution in [0, 0.1) is 6.92 Å². The maximum atomic E-state index is 13.3. The number of benzene rings is 2. The molecule has 4 rings (SSSR count). The largest absolute Gasteiger partial charge is 0.495 e. The van der Waals surface area contributed by atoms with Crippen molar-refractivity contribution in [3.63, 3.8) is 0 Å². The van der Waals surface area contributed by atoms with Crippen LogP contribution < -0.4 is 14.2 Å². The second kappa shape index (κ2) is 8.00. The van der Waals surface area contributed by atoms with Gasteiger partial charge in [0, 0.05) is 18.7 Å². The number of hydrogen-bond donors (Lipinski definition) is 0. The minimum Gasteiger partial charge on any atom is -0.495 e. The summed E-state index contributed by atoms with van der Waals surface area (Å²) in [7, 11) is -0.935. The molecule has 0 amide bonds. The Morgan fingerprint density at radius 1 is 1.17 bits per heavy atom. The van der Waals surface area contributed by atoms with Crippen LogP contribution >= 0.6 is 0 Å². The van der Waals surface area contributed by atoms with E-state index in [0.29, 0.717) is 28.5 Å². The molecule has 1 aliphatic heterocycles. The van der Waals surface area contributed by atoms with Crippen molar-refractivity contribution in [1.82, 2.24) is 9.46 Å². The van der Waals surface area contributed by atoms with Gasteiger partial charge in [-0.25, -0.2) is 8.42 Å². The molecular weight excluding hydrogens is 408 g/mol. The molecule has 9 heteroatoms. The zero-order chi connectivity index (χ0) is 21.3. The average Bonchev–Trinajstić information content (AvgIpc) is 3.19. The molecule has 0 bridgehead atoms. The first-order valence-electron chi connectivity index (χ1n) is 9.35. The third-order valence-electron chi connectivity index (χ3n) is 4.79. The summed E-state index contributed by atoms with van der Waals surface area (Å²) in [5.41, 5.74) is 1.30. The van der Waals surface area contributed by atoms with Gasteiger partial charge in [0.25, 0.3) is 0 Å². The second-order valence-electron chi connectivity index (χ2n) is 6.98. The smallest absolute Gasteiger partial charge is 0.246 e. The van der Waals surface area contributed by atoms with Gasteiger partial charge in [-0.1, -0.05) is 17.3 Å². The Balaban J connectivity index is 1.59. The first-order valence-corrected chi connectivity index (χ1v) is 10.8. The zero-order valence-corrected chi connectivity index (χ0v) is 17.7. The van der Waals surface area contributed by atoms with Gasteiger partial charge in [0.1, 0.15) is 23.4 Å². The van der Waals surface area contributed by atoms with Crippen LogP contribution in [-0.2, 0) is 10.0 Å². The van der Waals surface area contributed by atoms with Gasteiger partial charge in [0.2, 0.25) is 10.0 Å². The van der Waals surface area contributed by atoms with Crippen molar-refractivity contribution in [3.05, 3.63) is 54.2 Å². The van der Waals surface area contributed by atoms with Gasteiger partial charge in [-0.15, -0.1) is 0 Å². The molecule has 1 aromatic heterocycles. The highest BCUT2D eigenvalue weighted by atomic mass is 32.2. The topological polar surface area (TPSA) is 91.1 Å². The van der Waals surface area contributed by atoms with Crippen LogP contribution in [0.25, 0.3) is 11.3 Å². The van der Waals surface area contributed by atoms with Gasteiger partial charge in [-0.05, 0) is 37.3 Å². The first kappa shape index (κ1) is 20.2. The fourth-order valence-electron chi connectivity index (χ4n) is 3.24. The Morgan fingerprint density at radius 3 is 2.63 bits per heavy atom. The van der Waals surface area contributed by atoms with Crippen LogP contribution in [-0.4, -0.2) is 51.3 Å². The van der Waals surface area contributed by atoms with E-state index in [9.17, 15) is 8.42 Å². The lowest BCUT2D eigenvalue weighted by atomic mass is 10.1. The normalized spacial score (nSPS) is 15.9. The number of aromatic nitrogens is 1. The third kappa shape index (κ3) is 3.86. The van der Waals surface area contributed by atoms with Crippen molar-refractivity contribution in [1.29, 1.82) is 0 Å². The van der Waals surface area contributed by atoms with Crippen LogP contribution in [0.15, 0.2) is 57.9 Å². The van der Waals surface area contributed by atoms with Crippen molar-refractivity contribution in [3.8, 4) is 28.6 Å². The summed E-state index contributed by atoms with van der Waals surface area (Å²) < 4.78 is 50.1. The van der Waals surface area contributed by atoms with Crippen molar-refractivity contribution in [2.45, 2.75) is 17.9 Å². The molecule has 8 nitrogen and oxygen atoms in total. The molecule has 1 aliphatic rings. The molecule has 0 spiro atoms. The van der Waals surface area contributed by atoms with Crippen LogP contribution in [0.5, 0.6) is 17.2 Å². The van der Waals surface area contributed by atoms with Gasteiger partial charge in [-0.2, -0.15) is 4.31 Å². The maximum absolute atomic E-state index is 13.3. The number of rotatable bonds is 6. The molecule has 0 radical (unpaired) electrons. The van der Waals surface area contributed by atoms with Crippen molar-refractivity contribution < 1.29 is 27.2 Å². The van der Waals surface area contributed by atoms with E-state index in [1.165, 1.54) is 24.5 Å².